The highest BCUT2D eigenvalue weighted by Crippen LogP contribution is 2.40. The normalized spacial score (nSPS) is 11.3. The Morgan fingerprint density at radius 1 is 1.30 bits per heavy atom. The van der Waals surface area contributed by atoms with E-state index in [0.717, 1.165) is 22.8 Å². The number of ether oxygens (including phenoxy) is 1. The first kappa shape index (κ1) is 21.4. The van der Waals surface area contributed by atoms with E-state index in [1.807, 2.05) is 12.1 Å². The van der Waals surface area contributed by atoms with Crippen LogP contribution in [-0.2, 0) is 11.3 Å². The molecule has 30 heavy (non-hydrogen) atoms. The van der Waals surface area contributed by atoms with Crippen molar-refractivity contribution < 1.29 is 19.6 Å². The molecule has 9 nitrogen and oxygen atoms in total. The van der Waals surface area contributed by atoms with Crippen LogP contribution in [0.2, 0.25) is 0 Å². The molecule has 1 heterocycles. The molecule has 0 unspecified atom stereocenters. The summed E-state index contributed by atoms with van der Waals surface area (Å²) in [7, 11) is 0. The van der Waals surface area contributed by atoms with Crippen LogP contribution in [0.15, 0.2) is 57.2 Å². The van der Waals surface area contributed by atoms with Gasteiger partial charge in [0, 0.05) is 22.5 Å². The number of para-hydroxylation sites is 2. The number of hydrogen-bond acceptors (Lipinski definition) is 6. The number of unbranched alkanes of at least 4 members (excludes halogenated alkanes) is 1. The molecule has 0 radical (unpaired) electrons. The zero-order valence-electron chi connectivity index (χ0n) is 16.1. The van der Waals surface area contributed by atoms with Gasteiger partial charge >= 0.3 is 11.6 Å². The van der Waals surface area contributed by atoms with Crippen LogP contribution < -0.4 is 4.74 Å². The minimum absolute atomic E-state index is 0.0333. The molecule has 3 rings (SSSR count). The highest BCUT2D eigenvalue weighted by Gasteiger charge is 2.18. The Morgan fingerprint density at radius 2 is 2.07 bits per heavy atom. The number of carbonyl (C=O) groups excluding carboxylic acids is 1. The monoisotopic (exact) mass is 474 g/mol. The highest BCUT2D eigenvalue weighted by molar-refractivity contribution is 9.10. The average Bonchev–Trinajstić information content (AvgIpc) is 2.99. The first-order valence-electron chi connectivity index (χ1n) is 9.23. The van der Waals surface area contributed by atoms with E-state index >= 15 is 0 Å². The second-order valence-electron chi connectivity index (χ2n) is 6.45. The number of aryl methyl sites for hydroxylation is 1. The van der Waals surface area contributed by atoms with Gasteiger partial charge in [-0.2, -0.15) is 0 Å². The summed E-state index contributed by atoms with van der Waals surface area (Å²) in [4.78, 5) is 22.5. The Kier molecular flexibility index (Phi) is 6.78. The second-order valence-corrected chi connectivity index (χ2v) is 7.36. The summed E-state index contributed by atoms with van der Waals surface area (Å²) in [6.45, 7) is 2.13. The van der Waals surface area contributed by atoms with Crippen LogP contribution in [0.1, 0.15) is 19.8 Å². The Bertz CT molecular complexity index is 1130. The fourth-order valence-corrected chi connectivity index (χ4v) is 3.30. The van der Waals surface area contributed by atoms with Crippen LogP contribution in [0.5, 0.6) is 11.6 Å². The standard InChI is InChI=1S/C20H19BrN4O5/c1-2-3-10-24-15-9-8-13(21)11-14(15)19(20(24)27)23-22-18(26)12-30-17-7-5-4-6-16(17)25(28)29/h4-9,11,27H,2-3,10,12H2,1H3. The number of nitro benzene ring substituents is 1. The van der Waals surface area contributed by atoms with Crippen LogP contribution >= 0.6 is 15.9 Å². The van der Waals surface area contributed by atoms with Crippen molar-refractivity contribution in [2.75, 3.05) is 6.61 Å². The molecule has 0 atom stereocenters. The van der Waals surface area contributed by atoms with E-state index in [9.17, 15) is 20.0 Å². The number of carbonyl (C=O) groups is 1. The molecule has 1 aromatic heterocycles. The number of benzene rings is 2. The van der Waals surface area contributed by atoms with E-state index in [4.69, 9.17) is 4.74 Å². The number of azo groups is 1. The lowest BCUT2D eigenvalue weighted by atomic mass is 10.2. The number of nitrogens with zero attached hydrogens (tertiary/aromatic N) is 4. The van der Waals surface area contributed by atoms with Crippen LogP contribution in [0, 0.1) is 10.1 Å². The van der Waals surface area contributed by atoms with Gasteiger partial charge in [0.2, 0.25) is 5.88 Å². The number of halogens is 1. The predicted octanol–water partition coefficient (Wildman–Crippen LogP) is 5.51. The van der Waals surface area contributed by atoms with Gasteiger partial charge in [0.15, 0.2) is 18.0 Å². The van der Waals surface area contributed by atoms with Gasteiger partial charge in [-0.25, -0.2) is 0 Å². The third-order valence-electron chi connectivity index (χ3n) is 4.38. The quantitative estimate of drug-likeness (QED) is 0.262. The Balaban J connectivity index is 1.82. The Labute approximate surface area is 180 Å². The van der Waals surface area contributed by atoms with Crippen molar-refractivity contribution in [3.8, 4) is 11.6 Å². The van der Waals surface area contributed by atoms with Crippen molar-refractivity contribution in [1.82, 2.24) is 4.57 Å². The first-order valence-corrected chi connectivity index (χ1v) is 10.0. The van der Waals surface area contributed by atoms with Crippen molar-refractivity contribution in [2.45, 2.75) is 26.3 Å². The number of fused-ring (bicyclic) bond motifs is 1. The number of nitro groups is 1. The molecule has 0 saturated carbocycles. The van der Waals surface area contributed by atoms with Gasteiger partial charge in [0.1, 0.15) is 0 Å². The van der Waals surface area contributed by atoms with Gasteiger partial charge in [-0.1, -0.05) is 41.4 Å². The Morgan fingerprint density at radius 3 is 2.80 bits per heavy atom. The minimum Gasteiger partial charge on any atom is -0.493 e. The van der Waals surface area contributed by atoms with Crippen LogP contribution in [0.25, 0.3) is 10.9 Å². The van der Waals surface area contributed by atoms with Crippen LogP contribution in [0.3, 0.4) is 0 Å². The van der Waals surface area contributed by atoms with E-state index in [0.29, 0.717) is 11.9 Å². The molecular formula is C20H19BrN4O5. The molecule has 156 valence electrons. The molecule has 1 N–H and O–H groups in total. The lowest BCUT2D eigenvalue weighted by molar-refractivity contribution is -0.385. The largest absolute Gasteiger partial charge is 0.493 e. The molecular weight excluding hydrogens is 456 g/mol. The predicted molar refractivity (Wildman–Crippen MR) is 114 cm³/mol. The number of hydrogen-bond donors (Lipinski definition) is 1. The van der Waals surface area contributed by atoms with Crippen molar-refractivity contribution in [2.24, 2.45) is 10.2 Å². The molecule has 10 heteroatoms. The third kappa shape index (κ3) is 4.65. The summed E-state index contributed by atoms with van der Waals surface area (Å²) in [5.41, 5.74) is 0.715. The topological polar surface area (TPSA) is 119 Å². The van der Waals surface area contributed by atoms with Crippen LogP contribution in [-0.4, -0.2) is 27.1 Å². The van der Waals surface area contributed by atoms with Gasteiger partial charge in [0.25, 0.3) is 0 Å². The molecule has 0 aliphatic heterocycles. The fraction of sp³-hybridized carbons (Fsp3) is 0.250. The number of aromatic hydroxyl groups is 1. The average molecular weight is 475 g/mol. The lowest BCUT2D eigenvalue weighted by Crippen LogP contribution is -2.09. The fourth-order valence-electron chi connectivity index (χ4n) is 2.94. The highest BCUT2D eigenvalue weighted by atomic mass is 79.9. The van der Waals surface area contributed by atoms with Crippen LogP contribution in [0.4, 0.5) is 11.4 Å². The molecule has 1 amide bonds. The van der Waals surface area contributed by atoms with E-state index in [1.165, 1.54) is 18.2 Å². The summed E-state index contributed by atoms with van der Waals surface area (Å²) in [5, 5.41) is 29.8. The maximum Gasteiger partial charge on any atom is 0.310 e. The third-order valence-corrected chi connectivity index (χ3v) is 4.88. The molecule has 0 bridgehead atoms. The summed E-state index contributed by atoms with van der Waals surface area (Å²) < 4.78 is 7.75. The lowest BCUT2D eigenvalue weighted by Gasteiger charge is -2.05. The minimum atomic E-state index is -0.739. The van der Waals surface area contributed by atoms with Crippen molar-refractivity contribution in [3.05, 3.63) is 57.1 Å². The van der Waals surface area contributed by atoms with Gasteiger partial charge < -0.3 is 14.4 Å². The zero-order valence-corrected chi connectivity index (χ0v) is 17.7. The second kappa shape index (κ2) is 9.49. The maximum atomic E-state index is 12.1. The number of aromatic nitrogens is 1. The van der Waals surface area contributed by atoms with E-state index in [-0.39, 0.29) is 23.0 Å². The maximum absolute atomic E-state index is 12.1. The Hall–Kier alpha value is -3.27. The summed E-state index contributed by atoms with van der Waals surface area (Å²) in [6, 6.07) is 11.2. The summed E-state index contributed by atoms with van der Waals surface area (Å²) in [6.07, 6.45) is 1.82. The van der Waals surface area contributed by atoms with Crippen molar-refractivity contribution >= 4 is 44.1 Å². The SMILES string of the molecule is CCCCn1c(O)c(N=NC(=O)COc2ccccc2[N+](=O)[O-])c2cc(Br)ccc21. The number of rotatable bonds is 8. The number of amides is 1. The van der Waals surface area contributed by atoms with Gasteiger partial charge in [0.05, 0.1) is 10.4 Å². The molecule has 0 saturated heterocycles. The molecule has 0 aliphatic rings. The van der Waals surface area contributed by atoms with Gasteiger partial charge in [-0.15, -0.1) is 10.2 Å². The van der Waals surface area contributed by atoms with E-state index < -0.39 is 17.4 Å². The first-order chi connectivity index (χ1) is 14.4. The molecule has 0 aliphatic carbocycles. The van der Waals surface area contributed by atoms with Gasteiger partial charge in [-0.3, -0.25) is 14.9 Å². The smallest absolute Gasteiger partial charge is 0.310 e. The molecule has 0 spiro atoms. The molecule has 0 fully saturated rings. The summed E-state index contributed by atoms with van der Waals surface area (Å²) in [5.74, 6) is -0.848. The van der Waals surface area contributed by atoms with Gasteiger partial charge in [-0.05, 0) is 30.7 Å². The summed E-state index contributed by atoms with van der Waals surface area (Å²) >= 11 is 3.40. The van der Waals surface area contributed by atoms with Crippen molar-refractivity contribution in [3.63, 3.8) is 0 Å². The molecule has 2 aromatic carbocycles. The zero-order chi connectivity index (χ0) is 21.7. The van der Waals surface area contributed by atoms with Crippen molar-refractivity contribution in [1.29, 1.82) is 0 Å². The van der Waals surface area contributed by atoms with E-state index in [1.54, 1.807) is 16.7 Å². The molecule has 3 aromatic rings. The van der Waals surface area contributed by atoms with E-state index in [2.05, 4.69) is 33.1 Å².